The number of hydrogen-bond donors (Lipinski definition) is 2. The van der Waals surface area contributed by atoms with Gasteiger partial charge >= 0.3 is 0 Å². The molecule has 2 aromatic rings. The Hall–Kier alpha value is -2.18. The Morgan fingerprint density at radius 2 is 2.05 bits per heavy atom. The van der Waals surface area contributed by atoms with Gasteiger partial charge in [0.15, 0.2) is 0 Å². The summed E-state index contributed by atoms with van der Waals surface area (Å²) in [7, 11) is 0. The van der Waals surface area contributed by atoms with Crippen molar-refractivity contribution in [2.45, 2.75) is 6.42 Å². The van der Waals surface area contributed by atoms with Crippen LogP contribution in [-0.4, -0.2) is 47.8 Å². The van der Waals surface area contributed by atoms with Crippen molar-refractivity contribution in [2.75, 3.05) is 38.2 Å². The van der Waals surface area contributed by atoms with Crippen LogP contribution in [0.2, 0.25) is 0 Å². The molecule has 3 heterocycles. The van der Waals surface area contributed by atoms with Crippen LogP contribution in [0.1, 0.15) is 5.56 Å². The maximum absolute atomic E-state index is 5.81. The minimum atomic E-state index is 0.650. The van der Waals surface area contributed by atoms with Crippen LogP contribution in [0, 0.1) is 0 Å². The maximum atomic E-state index is 5.81. The highest BCUT2D eigenvalue weighted by atomic mass is 16.5. The summed E-state index contributed by atoms with van der Waals surface area (Å²) in [5.41, 5.74) is 6.46. The molecule has 1 saturated heterocycles. The Labute approximate surface area is 129 Å². The lowest BCUT2D eigenvalue weighted by Gasteiger charge is -2.27. The summed E-state index contributed by atoms with van der Waals surface area (Å²) in [6.07, 6.45) is 2.75. The van der Waals surface area contributed by atoms with Crippen LogP contribution < -0.4 is 15.5 Å². The Morgan fingerprint density at radius 1 is 1.18 bits per heavy atom. The third-order valence-corrected chi connectivity index (χ3v) is 4.01. The smallest absolute Gasteiger partial charge is 0.238 e. The van der Waals surface area contributed by atoms with E-state index in [0.29, 0.717) is 12.6 Å². The Balaban J connectivity index is 1.67. The van der Waals surface area contributed by atoms with E-state index in [9.17, 15) is 0 Å². The van der Waals surface area contributed by atoms with Gasteiger partial charge in [0.2, 0.25) is 5.95 Å². The van der Waals surface area contributed by atoms with Crippen molar-refractivity contribution >= 4 is 5.95 Å². The van der Waals surface area contributed by atoms with Crippen LogP contribution in [0.25, 0.3) is 11.3 Å². The molecule has 0 radical (unpaired) electrons. The van der Waals surface area contributed by atoms with Gasteiger partial charge in [-0.05, 0) is 12.1 Å². The number of aromatic nitrogens is 2. The molecular weight excluding hydrogens is 278 g/mol. The average molecular weight is 297 g/mol. The fourth-order valence-corrected chi connectivity index (χ4v) is 2.85. The molecule has 0 aliphatic carbocycles. The van der Waals surface area contributed by atoms with Gasteiger partial charge in [-0.15, -0.1) is 0 Å². The number of rotatable bonds is 2. The van der Waals surface area contributed by atoms with E-state index in [2.05, 4.69) is 26.8 Å². The van der Waals surface area contributed by atoms with Gasteiger partial charge in [0, 0.05) is 49.9 Å². The Morgan fingerprint density at radius 3 is 2.95 bits per heavy atom. The van der Waals surface area contributed by atoms with Crippen molar-refractivity contribution < 1.29 is 4.74 Å². The largest absolute Gasteiger partial charge is 0.493 e. The minimum Gasteiger partial charge on any atom is -0.493 e. The lowest BCUT2D eigenvalue weighted by atomic mass is 10.1. The van der Waals surface area contributed by atoms with Gasteiger partial charge in [-0.25, -0.2) is 15.0 Å². The zero-order chi connectivity index (χ0) is 14.8. The van der Waals surface area contributed by atoms with Gasteiger partial charge < -0.3 is 10.1 Å². The first-order valence-electron chi connectivity index (χ1n) is 7.70. The quantitative estimate of drug-likeness (QED) is 0.871. The summed E-state index contributed by atoms with van der Waals surface area (Å²) in [6, 6.07) is 8.06. The number of fused-ring (bicyclic) bond motifs is 3. The molecule has 22 heavy (non-hydrogen) atoms. The van der Waals surface area contributed by atoms with E-state index in [4.69, 9.17) is 9.72 Å². The fourth-order valence-electron chi connectivity index (χ4n) is 2.85. The lowest BCUT2D eigenvalue weighted by Crippen LogP contribution is -2.46. The lowest BCUT2D eigenvalue weighted by molar-refractivity contribution is 0.284. The third-order valence-electron chi connectivity index (χ3n) is 4.01. The molecule has 0 spiro atoms. The normalized spacial score (nSPS) is 17.8. The van der Waals surface area contributed by atoms with Crippen LogP contribution in [0.3, 0.4) is 0 Å². The van der Waals surface area contributed by atoms with Crippen LogP contribution in [-0.2, 0) is 6.42 Å². The predicted molar refractivity (Wildman–Crippen MR) is 84.7 cm³/mol. The van der Waals surface area contributed by atoms with Crippen LogP contribution >= 0.6 is 0 Å². The van der Waals surface area contributed by atoms with E-state index in [1.165, 1.54) is 0 Å². The zero-order valence-corrected chi connectivity index (χ0v) is 12.4. The summed E-state index contributed by atoms with van der Waals surface area (Å²) < 4.78 is 5.81. The Kier molecular flexibility index (Phi) is 3.62. The van der Waals surface area contributed by atoms with Crippen LogP contribution in [0.4, 0.5) is 5.95 Å². The highest BCUT2D eigenvalue weighted by molar-refractivity contribution is 5.71. The number of nitrogens with one attached hydrogen (secondary N) is 2. The van der Waals surface area contributed by atoms with Gasteiger partial charge in [0.05, 0.1) is 12.3 Å². The van der Waals surface area contributed by atoms with E-state index in [-0.39, 0.29) is 0 Å². The van der Waals surface area contributed by atoms with Crippen molar-refractivity contribution in [3.63, 3.8) is 0 Å². The van der Waals surface area contributed by atoms with Gasteiger partial charge in [0.25, 0.3) is 0 Å². The van der Waals surface area contributed by atoms with Gasteiger partial charge in [-0.2, -0.15) is 0 Å². The summed E-state index contributed by atoms with van der Waals surface area (Å²) in [5.74, 6) is 1.55. The second-order valence-electron chi connectivity index (χ2n) is 5.51. The number of ether oxygens (including phenoxy) is 1. The second kappa shape index (κ2) is 5.90. The minimum absolute atomic E-state index is 0.650. The van der Waals surface area contributed by atoms with E-state index < -0.39 is 0 Å². The van der Waals surface area contributed by atoms with Crippen LogP contribution in [0.5, 0.6) is 5.75 Å². The van der Waals surface area contributed by atoms with Crippen molar-refractivity contribution in [3.8, 4) is 17.0 Å². The summed E-state index contributed by atoms with van der Waals surface area (Å²) >= 11 is 0. The first-order valence-corrected chi connectivity index (χ1v) is 7.70. The standard InChI is InChI=1S/C16H19N5O/c1-2-4-14-13(3-1)15-12(5-10-22-14)11-18-16(19-15)20-21-8-6-17-7-9-21/h1-4,11,17H,5-10H2,(H,18,19,20). The molecule has 1 aromatic carbocycles. The molecule has 0 bridgehead atoms. The summed E-state index contributed by atoms with van der Waals surface area (Å²) in [6.45, 7) is 4.52. The predicted octanol–water partition coefficient (Wildman–Crippen LogP) is 1.31. The maximum Gasteiger partial charge on any atom is 0.238 e. The molecule has 1 fully saturated rings. The fraction of sp³-hybridized carbons (Fsp3) is 0.375. The molecule has 6 heteroatoms. The highest BCUT2D eigenvalue weighted by Gasteiger charge is 2.18. The molecule has 0 amide bonds. The average Bonchev–Trinajstić information content (AvgIpc) is 2.75. The first-order chi connectivity index (χ1) is 10.9. The van der Waals surface area contributed by atoms with E-state index >= 15 is 0 Å². The highest BCUT2D eigenvalue weighted by Crippen LogP contribution is 2.33. The molecular formula is C16H19N5O. The summed E-state index contributed by atoms with van der Waals surface area (Å²) in [5, 5.41) is 5.48. The molecule has 2 N–H and O–H groups in total. The molecule has 114 valence electrons. The van der Waals surface area contributed by atoms with Crippen molar-refractivity contribution in [3.05, 3.63) is 36.0 Å². The molecule has 4 rings (SSSR count). The topological polar surface area (TPSA) is 62.3 Å². The summed E-state index contributed by atoms with van der Waals surface area (Å²) in [4.78, 5) is 9.21. The number of anilines is 1. The molecule has 1 aromatic heterocycles. The third kappa shape index (κ3) is 2.63. The number of hydrazine groups is 1. The van der Waals surface area contributed by atoms with Crippen molar-refractivity contribution in [1.82, 2.24) is 20.3 Å². The number of benzene rings is 1. The van der Waals surface area contributed by atoms with E-state index in [1.54, 1.807) is 0 Å². The second-order valence-corrected chi connectivity index (χ2v) is 5.51. The molecule has 6 nitrogen and oxygen atoms in total. The zero-order valence-electron chi connectivity index (χ0n) is 12.4. The van der Waals surface area contributed by atoms with Gasteiger partial charge in [0.1, 0.15) is 5.75 Å². The molecule has 0 atom stereocenters. The SMILES string of the molecule is c1ccc2c(c1)OCCc1cnc(NN3CCNCC3)nc1-2. The van der Waals surface area contributed by atoms with Crippen molar-refractivity contribution in [2.24, 2.45) is 0 Å². The van der Waals surface area contributed by atoms with Crippen molar-refractivity contribution in [1.29, 1.82) is 0 Å². The number of hydrogen-bond acceptors (Lipinski definition) is 6. The van der Waals surface area contributed by atoms with Crippen LogP contribution in [0.15, 0.2) is 30.5 Å². The van der Waals surface area contributed by atoms with E-state index in [1.807, 2.05) is 24.4 Å². The number of nitrogens with zero attached hydrogens (tertiary/aromatic N) is 3. The van der Waals surface area contributed by atoms with Gasteiger partial charge in [-0.3, -0.25) is 5.43 Å². The molecule has 0 unspecified atom stereocenters. The van der Waals surface area contributed by atoms with Gasteiger partial charge in [-0.1, -0.05) is 12.1 Å². The monoisotopic (exact) mass is 297 g/mol. The first kappa shape index (κ1) is 13.5. The Bertz CT molecular complexity index is 669. The molecule has 2 aliphatic rings. The number of para-hydroxylation sites is 1. The molecule has 2 aliphatic heterocycles. The molecule has 0 saturated carbocycles. The number of piperazine rings is 1. The van der Waals surface area contributed by atoms with E-state index in [0.717, 1.165) is 55.2 Å².